The molecule has 1 fully saturated rings. The summed E-state index contributed by atoms with van der Waals surface area (Å²) in [7, 11) is -3.35. The number of carbonyl (C=O) groups is 1. The van der Waals surface area contributed by atoms with Gasteiger partial charge in [-0.15, -0.1) is 0 Å². The molecule has 0 unspecified atom stereocenters. The van der Waals surface area contributed by atoms with E-state index >= 15 is 0 Å². The van der Waals surface area contributed by atoms with Crippen LogP contribution in [-0.4, -0.2) is 66.8 Å². The van der Waals surface area contributed by atoms with Crippen LogP contribution in [0.5, 0.6) is 0 Å². The minimum Gasteiger partial charge on any atom is -0.370 e. The number of sulfonamides is 1. The molecule has 12 nitrogen and oxygen atoms in total. The molecular formula is C23H28FN7O5S. The van der Waals surface area contributed by atoms with Gasteiger partial charge in [0.25, 0.3) is 0 Å². The number of H-pyrrole nitrogens is 1. The largest absolute Gasteiger partial charge is 0.370 e. The van der Waals surface area contributed by atoms with Gasteiger partial charge in [-0.25, -0.2) is 32.5 Å². The quantitative estimate of drug-likeness (QED) is 0.301. The van der Waals surface area contributed by atoms with E-state index in [-0.39, 0.29) is 38.5 Å². The van der Waals surface area contributed by atoms with Crippen molar-refractivity contribution < 1.29 is 27.1 Å². The number of nitrogens with two attached hydrogens (primary N) is 1. The highest BCUT2D eigenvalue weighted by molar-refractivity contribution is 7.88. The van der Waals surface area contributed by atoms with Crippen molar-refractivity contribution in [2.75, 3.05) is 37.9 Å². The molecule has 1 saturated heterocycles. The van der Waals surface area contributed by atoms with Crippen molar-refractivity contribution in [3.05, 3.63) is 48.2 Å². The summed E-state index contributed by atoms with van der Waals surface area (Å²) in [5, 5.41) is 2.95. The number of anilines is 1. The van der Waals surface area contributed by atoms with Gasteiger partial charge in [0.15, 0.2) is 5.82 Å². The van der Waals surface area contributed by atoms with Crippen molar-refractivity contribution in [3.63, 3.8) is 0 Å². The lowest BCUT2D eigenvalue weighted by Crippen LogP contribution is -2.45. The molecule has 198 valence electrons. The summed E-state index contributed by atoms with van der Waals surface area (Å²) in [6.07, 6.45) is 1.93. The summed E-state index contributed by atoms with van der Waals surface area (Å²) in [6, 6.07) is 7.54. The lowest BCUT2D eigenvalue weighted by atomic mass is 9.92. The Kier molecular flexibility index (Phi) is 7.82. The average molecular weight is 534 g/mol. The second kappa shape index (κ2) is 10.9. The van der Waals surface area contributed by atoms with Crippen molar-refractivity contribution in [2.45, 2.75) is 19.6 Å². The molecule has 0 aliphatic carbocycles. The van der Waals surface area contributed by atoms with E-state index in [0.717, 1.165) is 6.26 Å². The van der Waals surface area contributed by atoms with E-state index in [0.29, 0.717) is 34.4 Å². The van der Waals surface area contributed by atoms with E-state index in [4.69, 9.17) is 15.2 Å². The second-order valence-corrected chi connectivity index (χ2v) is 11.0. The summed E-state index contributed by atoms with van der Waals surface area (Å²) < 4.78 is 50.8. The third kappa shape index (κ3) is 7.07. The van der Waals surface area contributed by atoms with Crippen LogP contribution in [0.25, 0.3) is 22.6 Å². The minimum absolute atomic E-state index is 0.123. The Morgan fingerprint density at radius 2 is 1.92 bits per heavy atom. The van der Waals surface area contributed by atoms with Crippen LogP contribution in [-0.2, 0) is 24.3 Å². The van der Waals surface area contributed by atoms with E-state index in [2.05, 4.69) is 30.0 Å². The first-order valence-electron chi connectivity index (χ1n) is 11.4. The highest BCUT2D eigenvalue weighted by atomic mass is 32.2. The Labute approximate surface area is 213 Å². The molecule has 37 heavy (non-hydrogen) atoms. The molecule has 1 aromatic carbocycles. The molecule has 3 heterocycles. The average Bonchev–Trinajstić information content (AvgIpc) is 3.29. The smallest absolute Gasteiger partial charge is 0.223 e. The van der Waals surface area contributed by atoms with Crippen LogP contribution < -0.4 is 15.8 Å². The molecule has 1 amide bonds. The fourth-order valence-electron chi connectivity index (χ4n) is 3.59. The van der Waals surface area contributed by atoms with Gasteiger partial charge in [0.1, 0.15) is 5.82 Å². The number of hydrogen-bond donors (Lipinski definition) is 4. The van der Waals surface area contributed by atoms with E-state index < -0.39 is 27.6 Å². The molecule has 1 aliphatic rings. The third-order valence-corrected chi connectivity index (χ3v) is 6.23. The number of rotatable bonds is 10. The number of ether oxygens (including phenoxy) is 2. The molecule has 14 heteroatoms. The van der Waals surface area contributed by atoms with Crippen LogP contribution in [0.3, 0.4) is 0 Å². The lowest BCUT2D eigenvalue weighted by Gasteiger charge is -2.36. The summed E-state index contributed by atoms with van der Waals surface area (Å²) in [4.78, 5) is 27.6. The predicted molar refractivity (Wildman–Crippen MR) is 133 cm³/mol. The molecule has 0 radical (unpaired) electrons. The maximum absolute atomic E-state index is 13.6. The molecule has 0 atom stereocenters. The van der Waals surface area contributed by atoms with Gasteiger partial charge in [-0.1, -0.05) is 6.92 Å². The Morgan fingerprint density at radius 1 is 1.22 bits per heavy atom. The number of imidazole rings is 1. The van der Waals surface area contributed by atoms with Crippen molar-refractivity contribution in [2.24, 2.45) is 11.1 Å². The summed E-state index contributed by atoms with van der Waals surface area (Å²) >= 11 is 0. The molecule has 4 rings (SSSR count). The molecule has 0 saturated carbocycles. The molecule has 5 N–H and O–H groups in total. The van der Waals surface area contributed by atoms with E-state index in [1.807, 2.05) is 6.92 Å². The number of halogens is 1. The fourth-order valence-corrected chi connectivity index (χ4v) is 4.21. The highest BCUT2D eigenvalue weighted by Crippen LogP contribution is 2.35. The van der Waals surface area contributed by atoms with Gasteiger partial charge >= 0.3 is 0 Å². The zero-order chi connectivity index (χ0) is 26.6. The Bertz CT molecular complexity index is 1360. The van der Waals surface area contributed by atoms with E-state index in [1.165, 1.54) is 12.1 Å². The SMILES string of the molecule is CC1(CNS(C)(=O)=O)COC(c2nc(-c3ccc(F)cc3)c(-c3ccnc(NCCC(N)=O)n3)[nH]2)OC1. The zero-order valence-electron chi connectivity index (χ0n) is 20.3. The molecular weight excluding hydrogens is 505 g/mol. The lowest BCUT2D eigenvalue weighted by molar-refractivity contribution is -0.231. The van der Waals surface area contributed by atoms with Gasteiger partial charge in [-0.05, 0) is 30.3 Å². The predicted octanol–water partition coefficient (Wildman–Crippen LogP) is 1.56. The van der Waals surface area contributed by atoms with E-state index in [9.17, 15) is 17.6 Å². The van der Waals surface area contributed by atoms with Crippen molar-refractivity contribution in [1.82, 2.24) is 24.7 Å². The number of primary amides is 1. The van der Waals surface area contributed by atoms with Crippen molar-refractivity contribution >= 4 is 21.9 Å². The fraction of sp³-hybridized carbons (Fsp3) is 0.391. The first-order chi connectivity index (χ1) is 17.5. The van der Waals surface area contributed by atoms with Crippen LogP contribution >= 0.6 is 0 Å². The first-order valence-corrected chi connectivity index (χ1v) is 13.3. The van der Waals surface area contributed by atoms with Gasteiger partial charge in [0, 0.05) is 36.7 Å². The number of aromatic nitrogens is 4. The topological polar surface area (TPSA) is 174 Å². The molecule has 1 aliphatic heterocycles. The number of nitrogens with zero attached hydrogens (tertiary/aromatic N) is 3. The monoisotopic (exact) mass is 533 g/mol. The normalized spacial score (nSPS) is 20.0. The van der Waals surface area contributed by atoms with Crippen molar-refractivity contribution in [1.29, 1.82) is 0 Å². The maximum atomic E-state index is 13.6. The van der Waals surface area contributed by atoms with Gasteiger partial charge in [-0.2, -0.15) is 0 Å². The molecule has 3 aromatic rings. The van der Waals surface area contributed by atoms with E-state index in [1.54, 1.807) is 24.4 Å². The maximum Gasteiger partial charge on any atom is 0.223 e. The van der Waals surface area contributed by atoms with Gasteiger partial charge in [-0.3, -0.25) is 4.79 Å². The number of carbonyl (C=O) groups excluding carboxylic acids is 1. The molecule has 2 aromatic heterocycles. The summed E-state index contributed by atoms with van der Waals surface area (Å²) in [5.74, 6) is -0.172. The third-order valence-electron chi connectivity index (χ3n) is 5.56. The number of nitrogens with one attached hydrogen (secondary N) is 3. The number of amides is 1. The Balaban J connectivity index is 1.60. The van der Waals surface area contributed by atoms with Gasteiger partial charge in [0.05, 0.1) is 36.6 Å². The number of aromatic amines is 1. The van der Waals surface area contributed by atoms with Gasteiger partial charge < -0.3 is 25.5 Å². The van der Waals surface area contributed by atoms with Crippen LogP contribution in [0.1, 0.15) is 25.5 Å². The van der Waals surface area contributed by atoms with Crippen LogP contribution in [0.2, 0.25) is 0 Å². The van der Waals surface area contributed by atoms with Crippen LogP contribution in [0.15, 0.2) is 36.5 Å². The van der Waals surface area contributed by atoms with Crippen LogP contribution in [0.4, 0.5) is 10.3 Å². The first kappa shape index (κ1) is 26.6. The standard InChI is InChI=1S/C23H28FN7O5S/c1-23(11-28-37(2,33)34)12-35-21(36-13-23)20-30-18(14-3-5-15(24)6-4-14)19(31-20)16-7-9-26-22(29-16)27-10-8-17(25)32/h3-7,9,21,28H,8,10-13H2,1-2H3,(H2,25,32)(H,30,31)(H,26,27,29). The Morgan fingerprint density at radius 3 is 2.57 bits per heavy atom. The number of hydrogen-bond acceptors (Lipinski definition) is 9. The second-order valence-electron chi connectivity index (χ2n) is 9.12. The number of benzene rings is 1. The van der Waals surface area contributed by atoms with Gasteiger partial charge in [0.2, 0.25) is 28.2 Å². The molecule has 0 spiro atoms. The zero-order valence-corrected chi connectivity index (χ0v) is 21.1. The summed E-state index contributed by atoms with van der Waals surface area (Å²) in [5.41, 5.74) is 6.78. The summed E-state index contributed by atoms with van der Waals surface area (Å²) in [6.45, 7) is 2.74. The van der Waals surface area contributed by atoms with Crippen LogP contribution in [0, 0.1) is 11.2 Å². The van der Waals surface area contributed by atoms with Crippen molar-refractivity contribution in [3.8, 4) is 22.6 Å². The highest BCUT2D eigenvalue weighted by Gasteiger charge is 2.35. The Hall–Kier alpha value is -3.46. The molecule has 0 bridgehead atoms. The minimum atomic E-state index is -3.35.